The molecule has 3 N–H and O–H groups in total. The Labute approximate surface area is 123 Å². The molecule has 1 aliphatic heterocycles. The molecular weight excluding hydrogens is 298 g/mol. The largest absolute Gasteiger partial charge is 0.460 e. The Bertz CT molecular complexity index is 617. The summed E-state index contributed by atoms with van der Waals surface area (Å²) in [5, 5.41) is 11.5. The Kier molecular flexibility index (Phi) is 4.64. The minimum atomic E-state index is -4.07. The van der Waals surface area contributed by atoms with Crippen LogP contribution in [0, 0.1) is 5.92 Å². The molecule has 2 rings (SSSR count). The molecule has 2 heterocycles. The van der Waals surface area contributed by atoms with Crippen LogP contribution in [-0.2, 0) is 19.5 Å². The molecule has 0 aromatic carbocycles. The van der Waals surface area contributed by atoms with Crippen molar-refractivity contribution in [1.29, 1.82) is 0 Å². The zero-order chi connectivity index (χ0) is 15.6. The quantitative estimate of drug-likeness (QED) is 0.756. The van der Waals surface area contributed by atoms with Crippen LogP contribution in [0.4, 0.5) is 0 Å². The zero-order valence-corrected chi connectivity index (χ0v) is 12.8. The van der Waals surface area contributed by atoms with Crippen molar-refractivity contribution < 1.29 is 22.7 Å². The molecule has 118 valence electrons. The third-order valence-electron chi connectivity index (χ3n) is 3.28. The third kappa shape index (κ3) is 3.60. The first-order chi connectivity index (χ1) is 9.80. The molecule has 8 nitrogen and oxygen atoms in total. The highest BCUT2D eigenvalue weighted by atomic mass is 32.2. The van der Waals surface area contributed by atoms with Crippen molar-refractivity contribution in [3.05, 3.63) is 11.4 Å². The molecule has 0 radical (unpaired) electrons. The molecule has 1 unspecified atom stereocenters. The number of sulfonamides is 1. The Morgan fingerprint density at radius 1 is 1.57 bits per heavy atom. The fourth-order valence-corrected chi connectivity index (χ4v) is 3.13. The topological polar surface area (TPSA) is 124 Å². The number of aromatic nitrogens is 2. The second-order valence-electron chi connectivity index (χ2n) is 5.34. The average Bonchev–Trinajstić information content (AvgIpc) is 3.03. The van der Waals surface area contributed by atoms with Gasteiger partial charge in [-0.25, -0.2) is 18.4 Å². The highest BCUT2D eigenvalue weighted by Crippen LogP contribution is 2.24. The van der Waals surface area contributed by atoms with E-state index in [-0.39, 0.29) is 29.0 Å². The Morgan fingerprint density at radius 2 is 2.29 bits per heavy atom. The van der Waals surface area contributed by atoms with Crippen LogP contribution in [0.3, 0.4) is 0 Å². The zero-order valence-electron chi connectivity index (χ0n) is 12.0. The molecule has 1 aromatic heterocycles. The number of nitrogens with one attached hydrogen (secondary N) is 1. The highest BCUT2D eigenvalue weighted by Gasteiger charge is 2.30. The van der Waals surface area contributed by atoms with Gasteiger partial charge in [-0.05, 0) is 12.3 Å². The van der Waals surface area contributed by atoms with Gasteiger partial charge in [0.25, 0.3) is 0 Å². The molecule has 1 saturated heterocycles. The van der Waals surface area contributed by atoms with Gasteiger partial charge in [-0.3, -0.25) is 5.10 Å². The van der Waals surface area contributed by atoms with Gasteiger partial charge in [-0.1, -0.05) is 13.8 Å². The van der Waals surface area contributed by atoms with E-state index in [1.165, 1.54) is 0 Å². The lowest BCUT2D eigenvalue weighted by Gasteiger charge is -2.09. The molecule has 0 aliphatic carbocycles. The lowest BCUT2D eigenvalue weighted by atomic mass is 10.1. The number of H-pyrrole nitrogens is 1. The predicted molar refractivity (Wildman–Crippen MR) is 73.3 cm³/mol. The number of ether oxygens (including phenoxy) is 2. The summed E-state index contributed by atoms with van der Waals surface area (Å²) in [5.74, 6) is -0.833. The molecule has 0 spiro atoms. The first-order valence-electron chi connectivity index (χ1n) is 6.66. The van der Waals surface area contributed by atoms with Crippen molar-refractivity contribution in [3.63, 3.8) is 0 Å². The summed E-state index contributed by atoms with van der Waals surface area (Å²) in [5.41, 5.74) is 0.00812. The molecule has 0 bridgehead atoms. The smallest absolute Gasteiger partial charge is 0.360 e. The maximum atomic E-state index is 12.0. The first kappa shape index (κ1) is 15.9. The summed E-state index contributed by atoms with van der Waals surface area (Å²) >= 11 is 0. The van der Waals surface area contributed by atoms with Crippen LogP contribution in [0.5, 0.6) is 0 Å². The van der Waals surface area contributed by atoms with Gasteiger partial charge in [-0.2, -0.15) is 5.10 Å². The second kappa shape index (κ2) is 6.12. The van der Waals surface area contributed by atoms with Crippen molar-refractivity contribution >= 4 is 16.0 Å². The second-order valence-corrected chi connectivity index (χ2v) is 6.84. The molecule has 0 saturated carbocycles. The minimum absolute atomic E-state index is 0.135. The van der Waals surface area contributed by atoms with Gasteiger partial charge in [0.05, 0.1) is 18.9 Å². The maximum absolute atomic E-state index is 12.0. The van der Waals surface area contributed by atoms with Crippen molar-refractivity contribution in [3.8, 4) is 0 Å². The Balaban J connectivity index is 2.20. The molecule has 1 atom stereocenters. The summed E-state index contributed by atoms with van der Waals surface area (Å²) in [4.78, 5) is 11.8. The lowest BCUT2D eigenvalue weighted by Crippen LogP contribution is -2.20. The number of carbonyl (C=O) groups is 1. The summed E-state index contributed by atoms with van der Waals surface area (Å²) in [6.45, 7) is 4.89. The van der Waals surface area contributed by atoms with Crippen molar-refractivity contribution in [2.24, 2.45) is 11.1 Å². The molecule has 9 heteroatoms. The lowest BCUT2D eigenvalue weighted by molar-refractivity contribution is 0.0417. The summed E-state index contributed by atoms with van der Waals surface area (Å²) in [6.07, 6.45) is 0.813. The molecule has 1 fully saturated rings. The van der Waals surface area contributed by atoms with Crippen molar-refractivity contribution in [2.45, 2.75) is 31.1 Å². The van der Waals surface area contributed by atoms with Crippen LogP contribution in [0.25, 0.3) is 0 Å². The molecule has 21 heavy (non-hydrogen) atoms. The molecular formula is C12H19N3O5S. The van der Waals surface area contributed by atoms with Gasteiger partial charge < -0.3 is 9.47 Å². The first-order valence-corrected chi connectivity index (χ1v) is 8.21. The van der Waals surface area contributed by atoms with E-state index in [9.17, 15) is 13.2 Å². The number of nitrogens with zero attached hydrogens (tertiary/aromatic N) is 1. The van der Waals surface area contributed by atoms with E-state index >= 15 is 0 Å². The van der Waals surface area contributed by atoms with Gasteiger partial charge in [0.1, 0.15) is 4.90 Å². The van der Waals surface area contributed by atoms with Crippen molar-refractivity contribution in [1.82, 2.24) is 10.2 Å². The maximum Gasteiger partial charge on any atom is 0.360 e. The number of hydrogen-bond acceptors (Lipinski definition) is 6. The van der Waals surface area contributed by atoms with Crippen LogP contribution in [0.1, 0.15) is 42.4 Å². The molecule has 0 amide bonds. The fourth-order valence-electron chi connectivity index (χ4n) is 2.14. The average molecular weight is 317 g/mol. The number of primary sulfonamides is 1. The number of esters is 1. The Morgan fingerprint density at radius 3 is 2.81 bits per heavy atom. The number of nitrogens with two attached hydrogens (primary N) is 1. The van der Waals surface area contributed by atoms with E-state index in [0.29, 0.717) is 18.9 Å². The van der Waals surface area contributed by atoms with Gasteiger partial charge in [0.2, 0.25) is 10.0 Å². The molecule has 1 aliphatic rings. The van der Waals surface area contributed by atoms with Crippen LogP contribution >= 0.6 is 0 Å². The van der Waals surface area contributed by atoms with E-state index in [2.05, 4.69) is 10.2 Å². The van der Waals surface area contributed by atoms with Crippen LogP contribution in [0.2, 0.25) is 0 Å². The fraction of sp³-hybridized carbons (Fsp3) is 0.667. The summed E-state index contributed by atoms with van der Waals surface area (Å²) in [7, 11) is -4.07. The van der Waals surface area contributed by atoms with E-state index < -0.39 is 16.0 Å². The third-order valence-corrected chi connectivity index (χ3v) is 4.26. The normalized spacial score (nSPS) is 19.1. The SMILES string of the molecule is CC(C)c1[nH]nc(C(=O)OCC2CCOC2)c1S(N)(=O)=O. The monoisotopic (exact) mass is 317 g/mol. The standard InChI is InChI=1S/C12H19N3O5S/c1-7(2)9-11(21(13,17)18)10(15-14-9)12(16)20-6-8-3-4-19-5-8/h7-8H,3-6H2,1-2H3,(H,14,15)(H2,13,17,18). The van der Waals surface area contributed by atoms with E-state index in [4.69, 9.17) is 14.6 Å². The van der Waals surface area contributed by atoms with E-state index in [1.807, 2.05) is 0 Å². The van der Waals surface area contributed by atoms with Crippen LogP contribution in [0.15, 0.2) is 4.90 Å². The Hall–Kier alpha value is -1.45. The van der Waals surface area contributed by atoms with Gasteiger partial charge >= 0.3 is 5.97 Å². The van der Waals surface area contributed by atoms with Gasteiger partial charge in [0.15, 0.2) is 5.69 Å². The number of rotatable bonds is 5. The summed E-state index contributed by atoms with van der Waals surface area (Å²) in [6, 6.07) is 0. The number of carbonyl (C=O) groups excluding carboxylic acids is 1. The minimum Gasteiger partial charge on any atom is -0.460 e. The summed E-state index contributed by atoms with van der Waals surface area (Å²) < 4.78 is 33.7. The van der Waals surface area contributed by atoms with Crippen molar-refractivity contribution in [2.75, 3.05) is 19.8 Å². The van der Waals surface area contributed by atoms with Crippen LogP contribution in [-0.4, -0.2) is 44.4 Å². The highest BCUT2D eigenvalue weighted by molar-refractivity contribution is 7.89. The predicted octanol–water partition coefficient (Wildman–Crippen LogP) is 0.374. The number of aromatic amines is 1. The van der Waals surface area contributed by atoms with Gasteiger partial charge in [-0.15, -0.1) is 0 Å². The van der Waals surface area contributed by atoms with E-state index in [1.54, 1.807) is 13.8 Å². The number of hydrogen-bond donors (Lipinski definition) is 2. The van der Waals surface area contributed by atoms with Crippen LogP contribution < -0.4 is 5.14 Å². The van der Waals surface area contributed by atoms with E-state index in [0.717, 1.165) is 6.42 Å². The molecule has 1 aromatic rings. The van der Waals surface area contributed by atoms with Gasteiger partial charge in [0, 0.05) is 12.5 Å².